The first kappa shape index (κ1) is 38.3. The monoisotopic (exact) mass is 904 g/mol. The molecule has 0 saturated heterocycles. The second-order valence-corrected chi connectivity index (χ2v) is 17.7. The van der Waals surface area contributed by atoms with Crippen LogP contribution in [0.5, 0.6) is 5.75 Å². The van der Waals surface area contributed by atoms with E-state index in [1.54, 1.807) is 0 Å². The maximum Gasteiger partial charge on any atom is 0.148 e. The van der Waals surface area contributed by atoms with E-state index in [0.717, 1.165) is 78.3 Å². The van der Waals surface area contributed by atoms with E-state index in [9.17, 15) is 5.11 Å². The first-order valence-corrected chi connectivity index (χ1v) is 18.9. The van der Waals surface area contributed by atoms with Crippen molar-refractivity contribution in [3.05, 3.63) is 144 Å². The molecule has 1 aliphatic rings. The zero-order chi connectivity index (χ0) is 38.2. The van der Waals surface area contributed by atoms with Crippen LogP contribution >= 0.6 is 0 Å². The van der Waals surface area contributed by atoms with Gasteiger partial charge in [-0.25, -0.2) is 4.98 Å². The Balaban J connectivity index is 0.00000465. The Labute approximate surface area is 340 Å². The van der Waals surface area contributed by atoms with E-state index < -0.39 is 0 Å². The second kappa shape index (κ2) is 13.9. The minimum absolute atomic E-state index is 0. The molecule has 1 aliphatic heterocycles. The average Bonchev–Trinajstić information content (AvgIpc) is 3.53. The van der Waals surface area contributed by atoms with Crippen molar-refractivity contribution >= 4 is 16.7 Å². The number of nitrogens with one attached hydrogen (secondary N) is 1. The van der Waals surface area contributed by atoms with Gasteiger partial charge in [-0.1, -0.05) is 152 Å². The number of pyridine rings is 1. The molecule has 55 heavy (non-hydrogen) atoms. The van der Waals surface area contributed by atoms with Crippen LogP contribution in [-0.4, -0.2) is 19.6 Å². The first-order valence-electron chi connectivity index (χ1n) is 18.9. The van der Waals surface area contributed by atoms with E-state index in [0.29, 0.717) is 0 Å². The summed E-state index contributed by atoms with van der Waals surface area (Å²) in [7, 11) is 0. The van der Waals surface area contributed by atoms with Crippen LogP contribution in [-0.2, 0) is 37.3 Å². The normalized spacial score (nSPS) is 14.2. The van der Waals surface area contributed by atoms with Crippen molar-refractivity contribution in [3.63, 3.8) is 0 Å². The van der Waals surface area contributed by atoms with Gasteiger partial charge in [-0.15, -0.1) is 29.3 Å². The summed E-state index contributed by atoms with van der Waals surface area (Å²) in [5, 5.41) is 16.2. The van der Waals surface area contributed by atoms with Crippen molar-refractivity contribution in [2.75, 3.05) is 5.32 Å². The number of para-hydroxylation sites is 1. The smallest absolute Gasteiger partial charge is 0.148 e. The molecule has 0 spiro atoms. The van der Waals surface area contributed by atoms with Crippen LogP contribution in [0.15, 0.2) is 115 Å². The van der Waals surface area contributed by atoms with Crippen LogP contribution in [0.1, 0.15) is 90.7 Å². The van der Waals surface area contributed by atoms with E-state index in [2.05, 4.69) is 175 Å². The predicted molar refractivity (Wildman–Crippen MR) is 224 cm³/mol. The number of aromatic nitrogens is 3. The van der Waals surface area contributed by atoms with Crippen LogP contribution < -0.4 is 5.32 Å². The van der Waals surface area contributed by atoms with Crippen molar-refractivity contribution < 1.29 is 26.2 Å². The van der Waals surface area contributed by atoms with Gasteiger partial charge in [0, 0.05) is 38.5 Å². The molecule has 0 radical (unpaired) electrons. The molecule has 0 bridgehead atoms. The number of anilines is 1. The Bertz CT molecular complexity index is 2530. The van der Waals surface area contributed by atoms with E-state index in [1.165, 1.54) is 5.56 Å². The van der Waals surface area contributed by atoms with E-state index in [4.69, 9.17) is 9.97 Å². The topological polar surface area (TPSA) is 63.0 Å². The summed E-state index contributed by atoms with van der Waals surface area (Å²) < 4.78 is 2.27. The SMILES string of the molecule is CC(C)(C)c1cc(-c2cc(-c3ccccc3)ccn2)[c-]c(-c2cccc3c2nc2n3C(c3ccccc3)Nc3c(C(C)(C)C)cc(C(C)(C)C)c(O)c3-2)c1.[Pt]. The summed E-state index contributed by atoms with van der Waals surface area (Å²) in [6.07, 6.45) is 1.64. The van der Waals surface area contributed by atoms with Gasteiger partial charge in [-0.3, -0.25) is 9.55 Å². The summed E-state index contributed by atoms with van der Waals surface area (Å²) in [6.45, 7) is 19.9. The minimum atomic E-state index is -0.290. The molecule has 3 heterocycles. The van der Waals surface area contributed by atoms with Gasteiger partial charge in [0.1, 0.15) is 17.7 Å². The van der Waals surface area contributed by atoms with Gasteiger partial charge >= 0.3 is 0 Å². The van der Waals surface area contributed by atoms with Crippen molar-refractivity contribution in [1.29, 1.82) is 0 Å². The molecule has 0 aliphatic carbocycles. The number of phenols is 1. The van der Waals surface area contributed by atoms with Crippen molar-refractivity contribution in [2.45, 2.75) is 84.7 Å². The number of nitrogens with zero attached hydrogens (tertiary/aromatic N) is 3. The van der Waals surface area contributed by atoms with E-state index >= 15 is 0 Å². The molecule has 8 rings (SSSR count). The summed E-state index contributed by atoms with van der Waals surface area (Å²) in [4.78, 5) is 10.4. The van der Waals surface area contributed by atoms with Gasteiger partial charge in [0.15, 0.2) is 0 Å². The largest absolute Gasteiger partial charge is 0.507 e. The molecule has 1 atom stereocenters. The fourth-order valence-corrected chi connectivity index (χ4v) is 7.72. The Hall–Kier alpha value is -4.99. The maximum atomic E-state index is 12.3. The third-order valence-corrected chi connectivity index (χ3v) is 10.7. The molecule has 6 heteroatoms. The number of aromatic hydroxyl groups is 1. The van der Waals surface area contributed by atoms with Gasteiger partial charge in [-0.2, -0.15) is 0 Å². The quantitative estimate of drug-likeness (QED) is 0.173. The van der Waals surface area contributed by atoms with Gasteiger partial charge in [0.05, 0.1) is 22.3 Å². The number of fused-ring (bicyclic) bond motifs is 5. The summed E-state index contributed by atoms with van der Waals surface area (Å²) in [5.41, 5.74) is 13.3. The number of phenolic OH excluding ortho intramolecular Hbond substituents is 1. The predicted octanol–water partition coefficient (Wildman–Crippen LogP) is 12.5. The first-order chi connectivity index (χ1) is 25.6. The van der Waals surface area contributed by atoms with Gasteiger partial charge < -0.3 is 10.4 Å². The zero-order valence-electron chi connectivity index (χ0n) is 33.2. The van der Waals surface area contributed by atoms with Crippen LogP contribution in [0.3, 0.4) is 0 Å². The molecule has 0 amide bonds. The number of imidazole rings is 1. The van der Waals surface area contributed by atoms with Crippen LogP contribution in [0, 0.1) is 6.07 Å². The van der Waals surface area contributed by atoms with Gasteiger partial charge in [0.25, 0.3) is 0 Å². The third-order valence-electron chi connectivity index (χ3n) is 10.7. The van der Waals surface area contributed by atoms with Crippen molar-refractivity contribution in [3.8, 4) is 50.6 Å². The van der Waals surface area contributed by atoms with Gasteiger partial charge in [-0.05, 0) is 56.7 Å². The Morgan fingerprint density at radius 2 is 1.33 bits per heavy atom. The van der Waals surface area contributed by atoms with E-state index in [-0.39, 0.29) is 49.2 Å². The standard InChI is InChI=1S/C49H49N4O.Pt/c1-47(2,3)35-26-33(25-34(27-35)39-28-32(23-24-50-39)30-17-12-10-13-18-30)36-21-16-22-40-42(36)51-46-41-43(52-45(53(40)46)31-19-14-11-15-20-31)37(48(4,5)6)29-38(44(41)54)49(7,8)9;/h10-24,26-29,45,52,54H,1-9H3;/q-1;. The second-order valence-electron chi connectivity index (χ2n) is 17.7. The van der Waals surface area contributed by atoms with Gasteiger partial charge in [0.2, 0.25) is 0 Å². The molecular formula is C49H49N4OPt-. The molecule has 0 saturated carbocycles. The molecule has 7 aromatic rings. The van der Waals surface area contributed by atoms with E-state index in [1.807, 2.05) is 18.3 Å². The Kier molecular flexibility index (Phi) is 9.71. The van der Waals surface area contributed by atoms with Crippen molar-refractivity contribution in [1.82, 2.24) is 14.5 Å². The maximum absolute atomic E-state index is 12.3. The number of hydrogen-bond donors (Lipinski definition) is 2. The Morgan fingerprint density at radius 3 is 1.98 bits per heavy atom. The fraction of sp³-hybridized carbons (Fsp3) is 0.265. The van der Waals surface area contributed by atoms with Crippen LogP contribution in [0.25, 0.3) is 55.9 Å². The number of benzene rings is 5. The summed E-state index contributed by atoms with van der Waals surface area (Å²) >= 11 is 0. The zero-order valence-corrected chi connectivity index (χ0v) is 35.4. The average molecular weight is 905 g/mol. The molecular weight excluding hydrogens is 856 g/mol. The fourth-order valence-electron chi connectivity index (χ4n) is 7.72. The molecule has 5 aromatic carbocycles. The number of hydrogen-bond acceptors (Lipinski definition) is 4. The number of rotatable bonds is 4. The Morgan fingerprint density at radius 1 is 0.673 bits per heavy atom. The molecule has 282 valence electrons. The summed E-state index contributed by atoms with van der Waals surface area (Å²) in [6, 6.07) is 42.0. The third kappa shape index (κ3) is 6.93. The molecule has 0 fully saturated rings. The van der Waals surface area contributed by atoms with Crippen LogP contribution in [0.4, 0.5) is 5.69 Å². The van der Waals surface area contributed by atoms with Crippen LogP contribution in [0.2, 0.25) is 0 Å². The van der Waals surface area contributed by atoms with Crippen molar-refractivity contribution in [2.24, 2.45) is 0 Å². The molecule has 1 unspecified atom stereocenters. The summed E-state index contributed by atoms with van der Waals surface area (Å²) in [5.74, 6) is 1.02. The minimum Gasteiger partial charge on any atom is -0.507 e. The molecule has 2 aromatic heterocycles. The molecule has 5 nitrogen and oxygen atoms in total. The molecule has 2 N–H and O–H groups in total.